The van der Waals surface area contributed by atoms with E-state index in [1.165, 1.54) is 0 Å². The van der Waals surface area contributed by atoms with Crippen LogP contribution in [0.5, 0.6) is 0 Å². The number of piperidine rings is 1. The van der Waals surface area contributed by atoms with Gasteiger partial charge in [0.05, 0.1) is 11.3 Å². The van der Waals surface area contributed by atoms with Crippen LogP contribution in [0.15, 0.2) is 72.8 Å². The van der Waals surface area contributed by atoms with Crippen molar-refractivity contribution in [3.63, 3.8) is 0 Å². The Kier molecular flexibility index (Phi) is 6.26. The number of hydrogen-bond donors (Lipinski definition) is 1. The maximum atomic E-state index is 12.6. The SMILES string of the molecule is NC(=O)c1ccc(C2CCCN(C(=O)OCc3ccccc3)C2)nc1-c1ccccc1. The molecule has 0 saturated carbocycles. The molecule has 1 aromatic heterocycles. The molecule has 1 aliphatic heterocycles. The van der Waals surface area contributed by atoms with Crippen molar-refractivity contribution < 1.29 is 14.3 Å². The minimum Gasteiger partial charge on any atom is -0.445 e. The van der Waals surface area contributed by atoms with E-state index >= 15 is 0 Å². The number of carbonyl (C=O) groups is 2. The molecule has 0 spiro atoms. The van der Waals surface area contributed by atoms with Crippen molar-refractivity contribution in [1.29, 1.82) is 0 Å². The Morgan fingerprint density at radius 2 is 1.71 bits per heavy atom. The standard InChI is InChI=1S/C25H25N3O3/c26-24(29)21-13-14-22(27-23(21)19-10-5-2-6-11-19)20-12-7-15-28(16-20)25(30)31-17-18-8-3-1-4-9-18/h1-6,8-11,13-14,20H,7,12,15-17H2,(H2,26,29). The highest BCUT2D eigenvalue weighted by Crippen LogP contribution is 2.29. The fraction of sp³-hybridized carbons (Fsp3) is 0.240. The minimum atomic E-state index is -0.507. The molecule has 4 rings (SSSR count). The van der Waals surface area contributed by atoms with Crippen molar-refractivity contribution in [3.8, 4) is 11.3 Å². The van der Waals surface area contributed by atoms with Gasteiger partial charge in [-0.1, -0.05) is 60.7 Å². The highest BCUT2D eigenvalue weighted by Gasteiger charge is 2.27. The van der Waals surface area contributed by atoms with Crippen LogP contribution in [0.25, 0.3) is 11.3 Å². The summed E-state index contributed by atoms with van der Waals surface area (Å²) in [6.45, 7) is 1.45. The van der Waals surface area contributed by atoms with Crippen LogP contribution < -0.4 is 5.73 Å². The maximum Gasteiger partial charge on any atom is 0.410 e. The highest BCUT2D eigenvalue weighted by molar-refractivity contribution is 5.98. The monoisotopic (exact) mass is 415 g/mol. The molecule has 0 bridgehead atoms. The van der Waals surface area contributed by atoms with Crippen LogP contribution in [0, 0.1) is 0 Å². The van der Waals surface area contributed by atoms with Crippen molar-refractivity contribution >= 4 is 12.0 Å². The molecule has 6 heteroatoms. The number of nitrogens with two attached hydrogens (primary N) is 1. The summed E-state index contributed by atoms with van der Waals surface area (Å²) < 4.78 is 5.50. The highest BCUT2D eigenvalue weighted by atomic mass is 16.6. The first-order valence-electron chi connectivity index (χ1n) is 10.4. The first-order chi connectivity index (χ1) is 15.1. The van der Waals surface area contributed by atoms with Gasteiger partial charge in [-0.15, -0.1) is 0 Å². The number of pyridine rings is 1. The molecule has 2 amide bonds. The predicted octanol–water partition coefficient (Wildman–Crippen LogP) is 4.36. The summed E-state index contributed by atoms with van der Waals surface area (Å²) in [7, 11) is 0. The van der Waals surface area contributed by atoms with Crippen molar-refractivity contribution in [2.45, 2.75) is 25.4 Å². The summed E-state index contributed by atoms with van der Waals surface area (Å²) in [5.41, 5.74) is 9.20. The lowest BCUT2D eigenvalue weighted by molar-refractivity contribution is 0.0856. The lowest BCUT2D eigenvalue weighted by Crippen LogP contribution is -2.39. The van der Waals surface area contributed by atoms with Gasteiger partial charge >= 0.3 is 6.09 Å². The van der Waals surface area contributed by atoms with E-state index in [1.54, 1.807) is 11.0 Å². The van der Waals surface area contributed by atoms with E-state index in [1.807, 2.05) is 66.7 Å². The van der Waals surface area contributed by atoms with Crippen LogP contribution in [0.1, 0.15) is 40.4 Å². The van der Waals surface area contributed by atoms with E-state index in [-0.39, 0.29) is 18.6 Å². The number of hydrogen-bond acceptors (Lipinski definition) is 4. The quantitative estimate of drug-likeness (QED) is 0.671. The van der Waals surface area contributed by atoms with Crippen LogP contribution in [0.3, 0.4) is 0 Å². The molecule has 2 aromatic carbocycles. The zero-order valence-electron chi connectivity index (χ0n) is 17.2. The second-order valence-corrected chi connectivity index (χ2v) is 7.69. The number of nitrogens with zero attached hydrogens (tertiary/aromatic N) is 2. The largest absolute Gasteiger partial charge is 0.445 e. The Bertz CT molecular complexity index is 1050. The molecule has 31 heavy (non-hydrogen) atoms. The summed E-state index contributed by atoms with van der Waals surface area (Å²) in [4.78, 5) is 31.1. The predicted molar refractivity (Wildman–Crippen MR) is 118 cm³/mol. The van der Waals surface area contributed by atoms with Crippen molar-refractivity contribution in [2.75, 3.05) is 13.1 Å². The molecule has 1 atom stereocenters. The molecule has 1 unspecified atom stereocenters. The molecule has 1 fully saturated rings. The lowest BCUT2D eigenvalue weighted by atomic mass is 9.93. The number of ether oxygens (including phenoxy) is 1. The average Bonchev–Trinajstić information content (AvgIpc) is 2.83. The topological polar surface area (TPSA) is 85.5 Å². The molecule has 6 nitrogen and oxygen atoms in total. The number of primary amides is 1. The number of rotatable bonds is 5. The number of amides is 2. The Balaban J connectivity index is 1.50. The van der Waals surface area contributed by atoms with Crippen molar-refractivity contribution in [1.82, 2.24) is 9.88 Å². The normalized spacial score (nSPS) is 16.0. The van der Waals surface area contributed by atoms with Crippen LogP contribution in [-0.4, -0.2) is 35.0 Å². The van der Waals surface area contributed by atoms with Gasteiger partial charge < -0.3 is 15.4 Å². The van der Waals surface area contributed by atoms with Crippen molar-refractivity contribution in [3.05, 3.63) is 89.6 Å². The van der Waals surface area contributed by atoms with Gasteiger partial charge in [0.15, 0.2) is 0 Å². The number of carbonyl (C=O) groups excluding carboxylic acids is 2. The van der Waals surface area contributed by atoms with Crippen LogP contribution >= 0.6 is 0 Å². The smallest absolute Gasteiger partial charge is 0.410 e. The maximum absolute atomic E-state index is 12.6. The van der Waals surface area contributed by atoms with E-state index in [0.29, 0.717) is 24.3 Å². The van der Waals surface area contributed by atoms with Gasteiger partial charge in [-0.05, 0) is 30.5 Å². The summed E-state index contributed by atoms with van der Waals surface area (Å²) in [5, 5.41) is 0. The molecule has 0 aliphatic carbocycles. The van der Waals surface area contributed by atoms with Gasteiger partial charge in [0.1, 0.15) is 6.61 Å². The molecule has 1 aliphatic rings. The van der Waals surface area contributed by atoms with E-state index in [9.17, 15) is 9.59 Å². The molecule has 1 saturated heterocycles. The molecule has 3 aromatic rings. The molecule has 0 radical (unpaired) electrons. The Morgan fingerprint density at radius 3 is 2.42 bits per heavy atom. The fourth-order valence-electron chi connectivity index (χ4n) is 3.91. The Labute approximate surface area is 181 Å². The number of benzene rings is 2. The van der Waals surface area contributed by atoms with Gasteiger partial charge in [-0.25, -0.2) is 4.79 Å². The van der Waals surface area contributed by atoms with Crippen LogP contribution in [0.2, 0.25) is 0 Å². The van der Waals surface area contributed by atoms with E-state index < -0.39 is 5.91 Å². The summed E-state index contributed by atoms with van der Waals surface area (Å²) >= 11 is 0. The second-order valence-electron chi connectivity index (χ2n) is 7.69. The van der Waals surface area contributed by atoms with Crippen molar-refractivity contribution in [2.24, 2.45) is 5.73 Å². The zero-order chi connectivity index (χ0) is 21.6. The van der Waals surface area contributed by atoms with E-state index in [2.05, 4.69) is 0 Å². The van der Waals surface area contributed by atoms with Gasteiger partial charge in [0.2, 0.25) is 0 Å². The van der Waals surface area contributed by atoms with Crippen LogP contribution in [-0.2, 0) is 11.3 Å². The molecule has 2 N–H and O–H groups in total. The third-order valence-electron chi connectivity index (χ3n) is 5.53. The van der Waals surface area contributed by atoms with E-state index in [0.717, 1.165) is 29.7 Å². The first kappa shape index (κ1) is 20.6. The van der Waals surface area contributed by atoms with Gasteiger partial charge in [-0.2, -0.15) is 0 Å². The zero-order valence-corrected chi connectivity index (χ0v) is 17.2. The van der Waals surface area contributed by atoms with E-state index in [4.69, 9.17) is 15.5 Å². The fourth-order valence-corrected chi connectivity index (χ4v) is 3.91. The molecular weight excluding hydrogens is 390 g/mol. The number of likely N-dealkylation sites (tertiary alicyclic amines) is 1. The minimum absolute atomic E-state index is 0.0717. The first-order valence-corrected chi connectivity index (χ1v) is 10.4. The van der Waals surface area contributed by atoms with Gasteiger partial charge in [-0.3, -0.25) is 9.78 Å². The van der Waals surface area contributed by atoms with Gasteiger partial charge in [0.25, 0.3) is 5.91 Å². The number of aromatic nitrogens is 1. The summed E-state index contributed by atoms with van der Waals surface area (Å²) in [6, 6.07) is 22.8. The summed E-state index contributed by atoms with van der Waals surface area (Å²) in [6.07, 6.45) is 1.47. The van der Waals surface area contributed by atoms with Gasteiger partial charge in [0, 0.05) is 30.3 Å². The Hall–Kier alpha value is -3.67. The molecule has 158 valence electrons. The third kappa shape index (κ3) is 4.91. The van der Waals surface area contributed by atoms with Crippen LogP contribution in [0.4, 0.5) is 4.79 Å². The average molecular weight is 415 g/mol. The summed E-state index contributed by atoms with van der Waals surface area (Å²) in [5.74, 6) is -0.435. The second kappa shape index (κ2) is 9.43. The third-order valence-corrected chi connectivity index (χ3v) is 5.53. The molecule has 2 heterocycles. The molecular formula is C25H25N3O3. The lowest BCUT2D eigenvalue weighted by Gasteiger charge is -2.32. The Morgan fingerprint density at radius 1 is 1.00 bits per heavy atom.